The Hall–Kier alpha value is -5.56. The van der Waals surface area contributed by atoms with Crippen molar-refractivity contribution in [2.75, 3.05) is 0 Å². The lowest BCUT2D eigenvalue weighted by atomic mass is 9.99. The van der Waals surface area contributed by atoms with Crippen molar-refractivity contribution in [1.82, 2.24) is 9.88 Å². The molecule has 2 N–H and O–H groups in total. The molecule has 0 bridgehead atoms. The fourth-order valence-corrected chi connectivity index (χ4v) is 5.26. The van der Waals surface area contributed by atoms with Crippen molar-refractivity contribution < 1.29 is 23.5 Å². The number of carbonyl (C=O) groups excluding carboxylic acids is 1. The Labute approximate surface area is 246 Å². The number of carbonyl (C=O) groups is 2. The summed E-state index contributed by atoms with van der Waals surface area (Å²) in [6.45, 7) is 0.661. The quantitative estimate of drug-likeness (QED) is 0.195. The summed E-state index contributed by atoms with van der Waals surface area (Å²) in [5.41, 5.74) is 5.97. The second-order valence-corrected chi connectivity index (χ2v) is 10.3. The Bertz CT molecular complexity index is 1940. The first-order valence-corrected chi connectivity index (χ1v) is 13.7. The summed E-state index contributed by atoms with van der Waals surface area (Å²) in [7, 11) is 0. The maximum Gasteiger partial charge on any atom is 0.335 e. The summed E-state index contributed by atoms with van der Waals surface area (Å²) in [6.07, 6.45) is 1.90. The van der Waals surface area contributed by atoms with Crippen molar-refractivity contribution in [2.45, 2.75) is 13.1 Å². The van der Waals surface area contributed by atoms with Crippen molar-refractivity contribution in [3.05, 3.63) is 155 Å². The standard InChI is InChI=1S/C36H26F2N2O3/c37-31-17-30(18-32(38)20-31)29-16-28-13-14-40(22-24-5-4-8-27(15-24)25-6-2-1-3-7-25)34(28)33(19-29)35(41)39-21-23-9-11-26(12-10-23)36(42)43/h1-20H,21-22H2,(H,39,41)(H,42,43). The fraction of sp³-hybridized carbons (Fsp3) is 0.0556. The molecule has 0 saturated heterocycles. The molecule has 0 atom stereocenters. The highest BCUT2D eigenvalue weighted by atomic mass is 19.1. The van der Waals surface area contributed by atoms with Gasteiger partial charge >= 0.3 is 5.97 Å². The molecule has 0 radical (unpaired) electrons. The molecule has 0 fully saturated rings. The first kappa shape index (κ1) is 27.6. The van der Waals surface area contributed by atoms with Crippen LogP contribution in [0.3, 0.4) is 0 Å². The van der Waals surface area contributed by atoms with Crippen molar-refractivity contribution in [1.29, 1.82) is 0 Å². The van der Waals surface area contributed by atoms with Crippen LogP contribution >= 0.6 is 0 Å². The van der Waals surface area contributed by atoms with Gasteiger partial charge in [0.05, 0.1) is 16.6 Å². The molecule has 0 unspecified atom stereocenters. The van der Waals surface area contributed by atoms with E-state index in [1.165, 1.54) is 24.3 Å². The molecule has 1 amide bonds. The first-order chi connectivity index (χ1) is 20.8. The van der Waals surface area contributed by atoms with Crippen LogP contribution in [0.25, 0.3) is 33.2 Å². The number of benzene rings is 5. The van der Waals surface area contributed by atoms with Crippen molar-refractivity contribution in [3.63, 3.8) is 0 Å². The number of aromatic nitrogens is 1. The number of hydrogen-bond acceptors (Lipinski definition) is 2. The Morgan fingerprint density at radius 3 is 2.09 bits per heavy atom. The minimum absolute atomic E-state index is 0.154. The number of aromatic carboxylic acids is 1. The molecule has 0 saturated carbocycles. The third-order valence-corrected chi connectivity index (χ3v) is 7.34. The fourth-order valence-electron chi connectivity index (χ4n) is 5.26. The maximum absolute atomic E-state index is 14.1. The van der Waals surface area contributed by atoms with Crippen LogP contribution in [0.4, 0.5) is 8.78 Å². The molecule has 1 heterocycles. The first-order valence-electron chi connectivity index (χ1n) is 13.7. The smallest absolute Gasteiger partial charge is 0.335 e. The van der Waals surface area contributed by atoms with Crippen LogP contribution in [0.1, 0.15) is 31.8 Å². The Morgan fingerprint density at radius 1 is 0.674 bits per heavy atom. The van der Waals surface area contributed by atoms with Crippen molar-refractivity contribution in [3.8, 4) is 22.3 Å². The van der Waals surface area contributed by atoms with E-state index >= 15 is 0 Å². The van der Waals surface area contributed by atoms with E-state index in [4.69, 9.17) is 5.11 Å². The summed E-state index contributed by atoms with van der Waals surface area (Å²) in [5.74, 6) is -2.81. The average Bonchev–Trinajstić information content (AvgIpc) is 3.42. The maximum atomic E-state index is 14.1. The summed E-state index contributed by atoms with van der Waals surface area (Å²) in [6, 6.07) is 33.2. The molecule has 0 spiro atoms. The van der Waals surface area contributed by atoms with Gasteiger partial charge in [0, 0.05) is 30.7 Å². The lowest BCUT2D eigenvalue weighted by Crippen LogP contribution is -2.23. The molecule has 0 aliphatic carbocycles. The Balaban J connectivity index is 1.38. The highest BCUT2D eigenvalue weighted by Gasteiger charge is 2.18. The molecule has 5 nitrogen and oxygen atoms in total. The predicted molar refractivity (Wildman–Crippen MR) is 163 cm³/mol. The largest absolute Gasteiger partial charge is 0.478 e. The van der Waals surface area contributed by atoms with E-state index in [1.807, 2.05) is 53.2 Å². The second-order valence-electron chi connectivity index (χ2n) is 10.3. The SMILES string of the molecule is O=C(O)c1ccc(CNC(=O)c2cc(-c3cc(F)cc(F)c3)cc3ccn(Cc4cccc(-c5ccccc5)c4)c23)cc1. The molecule has 43 heavy (non-hydrogen) atoms. The second kappa shape index (κ2) is 11.7. The molecule has 6 rings (SSSR count). The summed E-state index contributed by atoms with van der Waals surface area (Å²) in [5, 5.41) is 12.8. The molecule has 5 aromatic carbocycles. The lowest BCUT2D eigenvalue weighted by molar-refractivity contribution is 0.0696. The van der Waals surface area contributed by atoms with Crippen molar-refractivity contribution in [2.24, 2.45) is 0 Å². The molecule has 1 aromatic heterocycles. The van der Waals surface area contributed by atoms with E-state index in [9.17, 15) is 18.4 Å². The lowest BCUT2D eigenvalue weighted by Gasteiger charge is -2.14. The van der Waals surface area contributed by atoms with Gasteiger partial charge < -0.3 is 15.0 Å². The van der Waals surface area contributed by atoms with Gasteiger partial charge in [-0.15, -0.1) is 0 Å². The average molecular weight is 573 g/mol. The van der Waals surface area contributed by atoms with Crippen molar-refractivity contribution >= 4 is 22.8 Å². The molecule has 212 valence electrons. The van der Waals surface area contributed by atoms with E-state index in [1.54, 1.807) is 18.2 Å². The highest BCUT2D eigenvalue weighted by molar-refractivity contribution is 6.08. The number of carboxylic acid groups (broad SMARTS) is 1. The topological polar surface area (TPSA) is 71.3 Å². The zero-order valence-corrected chi connectivity index (χ0v) is 22.9. The zero-order chi connectivity index (χ0) is 29.9. The third-order valence-electron chi connectivity index (χ3n) is 7.34. The van der Waals surface area contributed by atoms with Gasteiger partial charge in [-0.1, -0.05) is 60.7 Å². The summed E-state index contributed by atoms with van der Waals surface area (Å²) >= 11 is 0. The molecule has 0 aliphatic rings. The van der Waals surface area contributed by atoms with Gasteiger partial charge in [0.2, 0.25) is 0 Å². The number of rotatable bonds is 8. The van der Waals surface area contributed by atoms with Gasteiger partial charge in [-0.3, -0.25) is 4.79 Å². The van der Waals surface area contributed by atoms with E-state index in [-0.39, 0.29) is 18.0 Å². The zero-order valence-electron chi connectivity index (χ0n) is 22.9. The minimum Gasteiger partial charge on any atom is -0.478 e. The minimum atomic E-state index is -1.03. The van der Waals surface area contributed by atoms with Gasteiger partial charge in [-0.2, -0.15) is 0 Å². The van der Waals surface area contributed by atoms with E-state index in [0.717, 1.165) is 33.7 Å². The molecular weight excluding hydrogens is 546 g/mol. The molecule has 6 aromatic rings. The van der Waals surface area contributed by atoms with Crippen LogP contribution < -0.4 is 5.32 Å². The van der Waals surface area contributed by atoms with Crippen LogP contribution in [0.15, 0.2) is 121 Å². The number of amides is 1. The number of carboxylic acids is 1. The van der Waals surface area contributed by atoms with E-state index in [2.05, 4.69) is 29.6 Å². The van der Waals surface area contributed by atoms with Crippen LogP contribution in [0.5, 0.6) is 0 Å². The van der Waals surface area contributed by atoms with Gasteiger partial charge in [0.1, 0.15) is 11.6 Å². The molecular formula is C36H26F2N2O3. The number of nitrogens with one attached hydrogen (secondary N) is 1. The highest BCUT2D eigenvalue weighted by Crippen LogP contribution is 2.31. The summed E-state index contributed by atoms with van der Waals surface area (Å²) < 4.78 is 30.2. The van der Waals surface area contributed by atoms with Gasteiger partial charge in [0.25, 0.3) is 5.91 Å². The molecule has 0 aliphatic heterocycles. The number of halogens is 2. The molecule has 7 heteroatoms. The van der Waals surface area contributed by atoms with Gasteiger partial charge in [0.15, 0.2) is 0 Å². The monoisotopic (exact) mass is 572 g/mol. The van der Waals surface area contributed by atoms with E-state index in [0.29, 0.717) is 28.8 Å². The van der Waals surface area contributed by atoms with Gasteiger partial charge in [-0.05, 0) is 81.9 Å². The summed E-state index contributed by atoms with van der Waals surface area (Å²) in [4.78, 5) is 24.9. The predicted octanol–water partition coefficient (Wildman–Crippen LogP) is 7.93. The number of hydrogen-bond donors (Lipinski definition) is 2. The Kier molecular flexibility index (Phi) is 7.54. The number of nitrogens with zero attached hydrogens (tertiary/aromatic N) is 1. The van der Waals surface area contributed by atoms with Crippen LogP contribution in [0, 0.1) is 11.6 Å². The van der Waals surface area contributed by atoms with E-state index < -0.39 is 17.6 Å². The Morgan fingerprint density at radius 2 is 1.37 bits per heavy atom. The van der Waals surface area contributed by atoms with Crippen LogP contribution in [0.2, 0.25) is 0 Å². The van der Waals surface area contributed by atoms with Gasteiger partial charge in [-0.25, -0.2) is 13.6 Å². The van der Waals surface area contributed by atoms with Crippen LogP contribution in [-0.2, 0) is 13.1 Å². The van der Waals surface area contributed by atoms with Crippen LogP contribution in [-0.4, -0.2) is 21.6 Å². The number of fused-ring (bicyclic) bond motifs is 1. The third kappa shape index (κ3) is 6.06. The normalized spacial score (nSPS) is 11.0.